The largest absolute Gasteiger partial charge is 0.351 e. The van der Waals surface area contributed by atoms with Crippen LogP contribution in [0.2, 0.25) is 0 Å². The standard InChI is InChI=1S/C13H27NO3/c1-4-7-8-9-10-12(15)14-11-13(16-5-2)17-6-3/h13H,4-11H2,1-3H3,(H,14,15). The lowest BCUT2D eigenvalue weighted by atomic mass is 10.1. The molecule has 4 heteroatoms. The molecule has 0 aliphatic heterocycles. The molecule has 0 saturated carbocycles. The molecule has 0 aromatic rings. The molecule has 0 radical (unpaired) electrons. The average molecular weight is 245 g/mol. The first-order chi connectivity index (χ1) is 8.24. The first kappa shape index (κ1) is 16.4. The van der Waals surface area contributed by atoms with E-state index in [1.165, 1.54) is 12.8 Å². The van der Waals surface area contributed by atoms with Gasteiger partial charge in [-0.2, -0.15) is 0 Å². The molecule has 0 saturated heterocycles. The van der Waals surface area contributed by atoms with E-state index in [9.17, 15) is 4.79 Å². The SMILES string of the molecule is CCCCCCC(=O)NCC(OCC)OCC. The van der Waals surface area contributed by atoms with Crippen molar-refractivity contribution in [3.05, 3.63) is 0 Å². The zero-order valence-electron chi connectivity index (χ0n) is 11.5. The second-order valence-corrected chi connectivity index (χ2v) is 3.95. The summed E-state index contributed by atoms with van der Waals surface area (Å²) in [5.41, 5.74) is 0. The van der Waals surface area contributed by atoms with Gasteiger partial charge < -0.3 is 14.8 Å². The Labute approximate surface area is 105 Å². The van der Waals surface area contributed by atoms with Gasteiger partial charge in [0.05, 0.1) is 6.54 Å². The third kappa shape index (κ3) is 10.3. The number of carbonyl (C=O) groups excluding carboxylic acids is 1. The molecule has 0 spiro atoms. The quantitative estimate of drug-likeness (QED) is 0.449. The van der Waals surface area contributed by atoms with Gasteiger partial charge in [-0.1, -0.05) is 26.2 Å². The molecule has 0 atom stereocenters. The van der Waals surface area contributed by atoms with Gasteiger partial charge in [0, 0.05) is 19.6 Å². The van der Waals surface area contributed by atoms with Gasteiger partial charge in [-0.25, -0.2) is 0 Å². The second-order valence-electron chi connectivity index (χ2n) is 3.95. The van der Waals surface area contributed by atoms with Crippen LogP contribution in [0, 0.1) is 0 Å². The molecule has 0 rings (SSSR count). The summed E-state index contributed by atoms with van der Waals surface area (Å²) < 4.78 is 10.7. The van der Waals surface area contributed by atoms with E-state index >= 15 is 0 Å². The fourth-order valence-electron chi connectivity index (χ4n) is 1.54. The van der Waals surface area contributed by atoms with Crippen LogP contribution in [0.3, 0.4) is 0 Å². The summed E-state index contributed by atoms with van der Waals surface area (Å²) in [6.45, 7) is 7.62. The van der Waals surface area contributed by atoms with Crippen LogP contribution in [0.1, 0.15) is 52.9 Å². The van der Waals surface area contributed by atoms with Gasteiger partial charge in [0.2, 0.25) is 5.91 Å². The molecule has 102 valence electrons. The predicted octanol–water partition coefficient (Wildman–Crippen LogP) is 2.47. The minimum Gasteiger partial charge on any atom is -0.351 e. The summed E-state index contributed by atoms with van der Waals surface area (Å²) in [5.74, 6) is 0.0884. The average Bonchev–Trinajstić information content (AvgIpc) is 2.32. The van der Waals surface area contributed by atoms with E-state index in [1.54, 1.807) is 0 Å². The lowest BCUT2D eigenvalue weighted by molar-refractivity contribution is -0.140. The van der Waals surface area contributed by atoms with Crippen LogP contribution in [0.25, 0.3) is 0 Å². The smallest absolute Gasteiger partial charge is 0.220 e. The third-order valence-corrected chi connectivity index (χ3v) is 2.43. The van der Waals surface area contributed by atoms with E-state index in [0.29, 0.717) is 26.2 Å². The summed E-state index contributed by atoms with van der Waals surface area (Å²) in [7, 11) is 0. The molecule has 0 aliphatic rings. The van der Waals surface area contributed by atoms with E-state index in [1.807, 2.05) is 13.8 Å². The summed E-state index contributed by atoms with van der Waals surface area (Å²) in [5, 5.41) is 2.84. The van der Waals surface area contributed by atoms with Gasteiger partial charge >= 0.3 is 0 Å². The van der Waals surface area contributed by atoms with E-state index in [4.69, 9.17) is 9.47 Å². The van der Waals surface area contributed by atoms with Crippen molar-refractivity contribution >= 4 is 5.91 Å². The molecule has 0 unspecified atom stereocenters. The van der Waals surface area contributed by atoms with Crippen molar-refractivity contribution in [3.8, 4) is 0 Å². The zero-order valence-corrected chi connectivity index (χ0v) is 11.5. The Kier molecular flexibility index (Phi) is 11.4. The Morgan fingerprint density at radius 1 is 1.06 bits per heavy atom. The molecule has 0 fully saturated rings. The molecule has 1 amide bonds. The Balaban J connectivity index is 3.57. The van der Waals surface area contributed by atoms with Gasteiger partial charge in [0.25, 0.3) is 0 Å². The molecule has 0 heterocycles. The Morgan fingerprint density at radius 3 is 2.24 bits per heavy atom. The molecular formula is C13H27NO3. The Hall–Kier alpha value is -0.610. The monoisotopic (exact) mass is 245 g/mol. The first-order valence-corrected chi connectivity index (χ1v) is 6.74. The highest BCUT2D eigenvalue weighted by molar-refractivity contribution is 5.75. The molecule has 0 aromatic heterocycles. The van der Waals surface area contributed by atoms with E-state index in [2.05, 4.69) is 12.2 Å². The maximum absolute atomic E-state index is 11.5. The Morgan fingerprint density at radius 2 is 1.71 bits per heavy atom. The molecule has 17 heavy (non-hydrogen) atoms. The summed E-state index contributed by atoms with van der Waals surface area (Å²) in [6, 6.07) is 0. The van der Waals surface area contributed by atoms with Crippen LogP contribution >= 0.6 is 0 Å². The lowest BCUT2D eigenvalue weighted by Crippen LogP contribution is -2.35. The minimum atomic E-state index is -0.315. The van der Waals surface area contributed by atoms with Crippen LogP contribution in [-0.2, 0) is 14.3 Å². The van der Waals surface area contributed by atoms with Crippen molar-refractivity contribution in [2.75, 3.05) is 19.8 Å². The number of unbranched alkanes of at least 4 members (excludes halogenated alkanes) is 3. The van der Waals surface area contributed by atoms with Crippen molar-refractivity contribution in [2.45, 2.75) is 59.2 Å². The van der Waals surface area contributed by atoms with Gasteiger partial charge in [-0.05, 0) is 20.3 Å². The van der Waals surface area contributed by atoms with Crippen LogP contribution in [0.5, 0.6) is 0 Å². The number of amides is 1. The molecule has 0 bridgehead atoms. The number of nitrogens with one attached hydrogen (secondary N) is 1. The number of hydrogen-bond acceptors (Lipinski definition) is 3. The lowest BCUT2D eigenvalue weighted by Gasteiger charge is -2.17. The summed E-state index contributed by atoms with van der Waals surface area (Å²) in [4.78, 5) is 11.5. The van der Waals surface area contributed by atoms with Crippen LogP contribution in [0.4, 0.5) is 0 Å². The molecule has 0 aliphatic carbocycles. The van der Waals surface area contributed by atoms with Gasteiger partial charge in [0.1, 0.15) is 0 Å². The fourth-order valence-corrected chi connectivity index (χ4v) is 1.54. The highest BCUT2D eigenvalue weighted by Crippen LogP contribution is 2.02. The minimum absolute atomic E-state index is 0.0884. The highest BCUT2D eigenvalue weighted by atomic mass is 16.7. The van der Waals surface area contributed by atoms with Crippen molar-refractivity contribution in [1.29, 1.82) is 0 Å². The second kappa shape index (κ2) is 11.9. The van der Waals surface area contributed by atoms with E-state index < -0.39 is 0 Å². The third-order valence-electron chi connectivity index (χ3n) is 2.43. The normalized spacial score (nSPS) is 10.8. The van der Waals surface area contributed by atoms with Crippen molar-refractivity contribution in [2.24, 2.45) is 0 Å². The van der Waals surface area contributed by atoms with Crippen LogP contribution < -0.4 is 5.32 Å². The highest BCUT2D eigenvalue weighted by Gasteiger charge is 2.09. The topological polar surface area (TPSA) is 47.6 Å². The maximum atomic E-state index is 11.5. The van der Waals surface area contributed by atoms with Crippen LogP contribution in [0.15, 0.2) is 0 Å². The number of rotatable bonds is 11. The fraction of sp³-hybridized carbons (Fsp3) is 0.923. The van der Waals surface area contributed by atoms with Crippen molar-refractivity contribution < 1.29 is 14.3 Å². The van der Waals surface area contributed by atoms with E-state index in [-0.39, 0.29) is 12.2 Å². The first-order valence-electron chi connectivity index (χ1n) is 6.74. The predicted molar refractivity (Wildman–Crippen MR) is 68.8 cm³/mol. The van der Waals surface area contributed by atoms with E-state index in [0.717, 1.165) is 12.8 Å². The van der Waals surface area contributed by atoms with Crippen molar-refractivity contribution in [3.63, 3.8) is 0 Å². The Bertz CT molecular complexity index is 180. The summed E-state index contributed by atoms with van der Waals surface area (Å²) >= 11 is 0. The van der Waals surface area contributed by atoms with Crippen LogP contribution in [-0.4, -0.2) is 32.0 Å². The summed E-state index contributed by atoms with van der Waals surface area (Å²) in [6.07, 6.45) is 4.78. The molecular weight excluding hydrogens is 218 g/mol. The van der Waals surface area contributed by atoms with Crippen molar-refractivity contribution in [1.82, 2.24) is 5.32 Å². The maximum Gasteiger partial charge on any atom is 0.220 e. The molecule has 1 N–H and O–H groups in total. The number of hydrogen-bond donors (Lipinski definition) is 1. The number of carbonyl (C=O) groups is 1. The number of ether oxygens (including phenoxy) is 2. The van der Waals surface area contributed by atoms with Gasteiger partial charge in [-0.15, -0.1) is 0 Å². The zero-order chi connectivity index (χ0) is 12.9. The molecule has 0 aromatic carbocycles. The molecule has 4 nitrogen and oxygen atoms in total. The van der Waals surface area contributed by atoms with Gasteiger partial charge in [0.15, 0.2) is 6.29 Å². The van der Waals surface area contributed by atoms with Gasteiger partial charge in [-0.3, -0.25) is 4.79 Å².